The molecule has 0 saturated heterocycles. The van der Waals surface area contributed by atoms with Gasteiger partial charge in [0.05, 0.1) is 6.10 Å². The summed E-state index contributed by atoms with van der Waals surface area (Å²) in [6.45, 7) is 6.31. The summed E-state index contributed by atoms with van der Waals surface area (Å²) in [7, 11) is 0. The third kappa shape index (κ3) is 1.88. The molecule has 0 aromatic heterocycles. The van der Waals surface area contributed by atoms with Crippen molar-refractivity contribution < 1.29 is 5.11 Å². The number of hydrogen-bond acceptors (Lipinski definition) is 1. The fourth-order valence-corrected chi connectivity index (χ4v) is 3.55. The average Bonchev–Trinajstić information content (AvgIpc) is 2.16. The van der Waals surface area contributed by atoms with E-state index in [0.717, 1.165) is 30.6 Å². The first kappa shape index (κ1) is 10.2. The molecule has 2 rings (SSSR count). The zero-order chi connectivity index (χ0) is 10.1. The van der Waals surface area contributed by atoms with Crippen LogP contribution in [0.5, 0.6) is 0 Å². The van der Waals surface area contributed by atoms with Gasteiger partial charge in [0.2, 0.25) is 0 Å². The predicted octanol–water partition coefficient (Wildman–Crippen LogP) is 3.14. The van der Waals surface area contributed by atoms with E-state index in [4.69, 9.17) is 0 Å². The Balaban J connectivity index is 2.06. The molecule has 2 aliphatic rings. The van der Waals surface area contributed by atoms with E-state index >= 15 is 0 Å². The quantitative estimate of drug-likeness (QED) is 0.636. The second-order valence-corrected chi connectivity index (χ2v) is 5.27. The summed E-state index contributed by atoms with van der Waals surface area (Å²) in [4.78, 5) is 0. The van der Waals surface area contributed by atoms with Crippen LogP contribution >= 0.6 is 0 Å². The molecule has 1 heteroatoms. The Bertz CT molecular complexity index is 221. The maximum Gasteiger partial charge on any atom is 0.0543 e. The molecule has 0 bridgehead atoms. The minimum absolute atomic E-state index is 0.0138. The molecule has 0 aromatic rings. The first-order chi connectivity index (χ1) is 6.68. The highest BCUT2D eigenvalue weighted by molar-refractivity contribution is 5.03. The monoisotopic (exact) mass is 194 g/mol. The molecule has 2 saturated carbocycles. The van der Waals surface area contributed by atoms with Crippen molar-refractivity contribution in [2.24, 2.45) is 17.8 Å². The molecule has 1 nitrogen and oxygen atoms in total. The van der Waals surface area contributed by atoms with Crippen LogP contribution in [-0.2, 0) is 0 Å². The van der Waals surface area contributed by atoms with E-state index in [1.165, 1.54) is 31.3 Å². The second-order valence-electron chi connectivity index (χ2n) is 5.27. The van der Waals surface area contributed by atoms with E-state index in [2.05, 4.69) is 13.5 Å². The Morgan fingerprint density at radius 3 is 2.71 bits per heavy atom. The van der Waals surface area contributed by atoms with E-state index in [1.807, 2.05) is 0 Å². The zero-order valence-corrected chi connectivity index (χ0v) is 9.21. The van der Waals surface area contributed by atoms with E-state index in [9.17, 15) is 5.11 Å². The molecule has 2 aliphatic carbocycles. The summed E-state index contributed by atoms with van der Waals surface area (Å²) in [5.41, 5.74) is 1.37. The second kappa shape index (κ2) is 4.06. The zero-order valence-electron chi connectivity index (χ0n) is 9.21. The Labute approximate surface area is 87.2 Å². The Morgan fingerprint density at radius 1 is 1.21 bits per heavy atom. The molecule has 0 aliphatic heterocycles. The SMILES string of the molecule is C=C(C)C1CCCC2CC(O)CCC21. The van der Waals surface area contributed by atoms with Crippen molar-refractivity contribution in [2.75, 3.05) is 0 Å². The van der Waals surface area contributed by atoms with Crippen LogP contribution < -0.4 is 0 Å². The molecule has 0 amide bonds. The summed E-state index contributed by atoms with van der Waals surface area (Å²) in [6, 6.07) is 0. The highest BCUT2D eigenvalue weighted by Crippen LogP contribution is 2.45. The molecular weight excluding hydrogens is 172 g/mol. The fourth-order valence-electron chi connectivity index (χ4n) is 3.55. The van der Waals surface area contributed by atoms with Crippen molar-refractivity contribution in [1.29, 1.82) is 0 Å². The molecule has 4 unspecified atom stereocenters. The summed E-state index contributed by atoms with van der Waals surface area (Å²) in [6.07, 6.45) is 7.30. The van der Waals surface area contributed by atoms with E-state index in [1.54, 1.807) is 0 Å². The van der Waals surface area contributed by atoms with Gasteiger partial charge in [-0.05, 0) is 50.4 Å². The third-order valence-electron chi connectivity index (χ3n) is 4.25. The van der Waals surface area contributed by atoms with Gasteiger partial charge in [0.1, 0.15) is 0 Å². The first-order valence-corrected chi connectivity index (χ1v) is 6.02. The molecule has 1 N–H and O–H groups in total. The van der Waals surface area contributed by atoms with Gasteiger partial charge in [-0.25, -0.2) is 0 Å². The van der Waals surface area contributed by atoms with Crippen LogP contribution in [-0.4, -0.2) is 11.2 Å². The summed E-state index contributed by atoms with van der Waals surface area (Å²) in [5, 5.41) is 9.65. The first-order valence-electron chi connectivity index (χ1n) is 6.02. The smallest absolute Gasteiger partial charge is 0.0543 e. The fraction of sp³-hybridized carbons (Fsp3) is 0.846. The highest BCUT2D eigenvalue weighted by atomic mass is 16.3. The maximum absolute atomic E-state index is 9.65. The van der Waals surface area contributed by atoms with Gasteiger partial charge in [-0.1, -0.05) is 25.0 Å². The Morgan fingerprint density at radius 2 is 2.00 bits per heavy atom. The normalized spacial score (nSPS) is 43.0. The molecule has 0 aromatic carbocycles. The van der Waals surface area contributed by atoms with Crippen LogP contribution in [0.4, 0.5) is 0 Å². The van der Waals surface area contributed by atoms with Crippen LogP contribution in [0, 0.1) is 17.8 Å². The van der Waals surface area contributed by atoms with Crippen LogP contribution in [0.3, 0.4) is 0 Å². The molecule has 4 atom stereocenters. The number of allylic oxidation sites excluding steroid dienone is 1. The lowest BCUT2D eigenvalue weighted by Gasteiger charge is -2.43. The Kier molecular flexibility index (Phi) is 2.96. The lowest BCUT2D eigenvalue weighted by molar-refractivity contribution is 0.0303. The predicted molar refractivity (Wildman–Crippen MR) is 59.0 cm³/mol. The summed E-state index contributed by atoms with van der Waals surface area (Å²) >= 11 is 0. The molecule has 2 fully saturated rings. The lowest BCUT2D eigenvalue weighted by Crippen LogP contribution is -2.35. The van der Waals surface area contributed by atoms with Gasteiger partial charge in [-0.15, -0.1) is 0 Å². The van der Waals surface area contributed by atoms with E-state index < -0.39 is 0 Å². The van der Waals surface area contributed by atoms with Crippen molar-refractivity contribution in [3.05, 3.63) is 12.2 Å². The van der Waals surface area contributed by atoms with Crippen LogP contribution in [0.25, 0.3) is 0 Å². The maximum atomic E-state index is 9.65. The van der Waals surface area contributed by atoms with Gasteiger partial charge >= 0.3 is 0 Å². The van der Waals surface area contributed by atoms with Gasteiger partial charge < -0.3 is 5.11 Å². The van der Waals surface area contributed by atoms with Crippen molar-refractivity contribution in [1.82, 2.24) is 0 Å². The van der Waals surface area contributed by atoms with Crippen LogP contribution in [0.15, 0.2) is 12.2 Å². The Hall–Kier alpha value is -0.300. The van der Waals surface area contributed by atoms with Gasteiger partial charge in [-0.2, -0.15) is 0 Å². The van der Waals surface area contributed by atoms with Gasteiger partial charge in [-0.3, -0.25) is 0 Å². The number of rotatable bonds is 1. The number of aliphatic hydroxyl groups excluding tert-OH is 1. The lowest BCUT2D eigenvalue weighted by atomic mass is 9.63. The molecular formula is C13H22O. The van der Waals surface area contributed by atoms with E-state index in [0.29, 0.717) is 0 Å². The number of aliphatic hydroxyl groups is 1. The molecule has 0 heterocycles. The third-order valence-corrected chi connectivity index (χ3v) is 4.25. The van der Waals surface area contributed by atoms with Crippen molar-refractivity contribution in [3.63, 3.8) is 0 Å². The van der Waals surface area contributed by atoms with E-state index in [-0.39, 0.29) is 6.10 Å². The average molecular weight is 194 g/mol. The number of fused-ring (bicyclic) bond motifs is 1. The van der Waals surface area contributed by atoms with Crippen molar-refractivity contribution in [2.45, 2.75) is 51.6 Å². The minimum Gasteiger partial charge on any atom is -0.393 e. The summed E-state index contributed by atoms with van der Waals surface area (Å²) < 4.78 is 0. The van der Waals surface area contributed by atoms with Crippen LogP contribution in [0.1, 0.15) is 45.4 Å². The highest BCUT2D eigenvalue weighted by Gasteiger charge is 2.37. The standard InChI is InChI=1S/C13H22O/c1-9(2)12-5-3-4-10-8-11(14)6-7-13(10)12/h10-14H,1,3-8H2,2H3. The largest absolute Gasteiger partial charge is 0.393 e. The summed E-state index contributed by atoms with van der Waals surface area (Å²) in [5.74, 6) is 2.38. The van der Waals surface area contributed by atoms with Crippen molar-refractivity contribution in [3.8, 4) is 0 Å². The van der Waals surface area contributed by atoms with Gasteiger partial charge in [0.15, 0.2) is 0 Å². The molecule has 0 radical (unpaired) electrons. The van der Waals surface area contributed by atoms with Gasteiger partial charge in [0, 0.05) is 0 Å². The molecule has 0 spiro atoms. The molecule has 14 heavy (non-hydrogen) atoms. The molecule has 80 valence electrons. The topological polar surface area (TPSA) is 20.2 Å². The van der Waals surface area contributed by atoms with Gasteiger partial charge in [0.25, 0.3) is 0 Å². The minimum atomic E-state index is -0.0138. The van der Waals surface area contributed by atoms with Crippen molar-refractivity contribution >= 4 is 0 Å². The van der Waals surface area contributed by atoms with Crippen LogP contribution in [0.2, 0.25) is 0 Å². The number of hydrogen-bond donors (Lipinski definition) is 1.